The molecule has 1 aliphatic carbocycles. The van der Waals surface area contributed by atoms with Gasteiger partial charge in [0, 0.05) is 0 Å². The van der Waals surface area contributed by atoms with E-state index in [0.717, 1.165) is 12.8 Å². The second-order valence-electron chi connectivity index (χ2n) is 4.03. The first kappa shape index (κ1) is 9.96. The third-order valence-corrected chi connectivity index (χ3v) is 2.37. The minimum atomic E-state index is -0.482. The van der Waals surface area contributed by atoms with Gasteiger partial charge in [-0.25, -0.2) is 0 Å². The van der Waals surface area contributed by atoms with E-state index in [9.17, 15) is 0 Å². The van der Waals surface area contributed by atoms with Crippen LogP contribution in [-0.4, -0.2) is 30.0 Å². The van der Waals surface area contributed by atoms with Crippen LogP contribution in [-0.2, 0) is 4.74 Å². The van der Waals surface area contributed by atoms with Gasteiger partial charge in [0.05, 0.1) is 24.9 Å². The molecule has 0 aliphatic heterocycles. The van der Waals surface area contributed by atoms with Crippen molar-refractivity contribution in [3.8, 4) is 0 Å². The van der Waals surface area contributed by atoms with Crippen LogP contribution in [0.15, 0.2) is 0 Å². The molecule has 1 atom stereocenters. The molecule has 1 saturated carbocycles. The molecule has 0 saturated heterocycles. The van der Waals surface area contributed by atoms with Gasteiger partial charge in [-0.3, -0.25) is 0 Å². The molecular weight excluding hydrogens is 154 g/mol. The number of rotatable bonds is 5. The van der Waals surface area contributed by atoms with E-state index in [0.29, 0.717) is 12.5 Å². The summed E-state index contributed by atoms with van der Waals surface area (Å²) in [5, 5.41) is 9.10. The third kappa shape index (κ3) is 2.44. The van der Waals surface area contributed by atoms with E-state index in [1.807, 2.05) is 13.8 Å². The third-order valence-electron chi connectivity index (χ3n) is 2.37. The summed E-state index contributed by atoms with van der Waals surface area (Å²) >= 11 is 0. The molecule has 3 heteroatoms. The molecule has 0 heterocycles. The first-order valence-electron chi connectivity index (χ1n) is 4.60. The summed E-state index contributed by atoms with van der Waals surface area (Å²) in [7, 11) is 0. The first-order chi connectivity index (χ1) is 5.58. The fraction of sp³-hybridized carbons (Fsp3) is 1.00. The summed E-state index contributed by atoms with van der Waals surface area (Å²) in [6.45, 7) is 4.46. The van der Waals surface area contributed by atoms with Crippen LogP contribution in [0.5, 0.6) is 0 Å². The van der Waals surface area contributed by atoms with Crippen molar-refractivity contribution < 1.29 is 9.84 Å². The van der Waals surface area contributed by atoms with Gasteiger partial charge in [0.25, 0.3) is 0 Å². The summed E-state index contributed by atoms with van der Waals surface area (Å²) in [4.78, 5) is 0. The molecule has 1 fully saturated rings. The predicted octanol–water partition coefficient (Wildman–Crippen LogP) is 0.511. The molecule has 0 bridgehead atoms. The Morgan fingerprint density at radius 3 is 2.50 bits per heavy atom. The van der Waals surface area contributed by atoms with Gasteiger partial charge < -0.3 is 15.6 Å². The topological polar surface area (TPSA) is 55.5 Å². The van der Waals surface area contributed by atoms with Crippen molar-refractivity contribution in [2.24, 2.45) is 11.7 Å². The van der Waals surface area contributed by atoms with Crippen LogP contribution in [0.2, 0.25) is 0 Å². The Labute approximate surface area is 73.9 Å². The maximum Gasteiger partial charge on any atom is 0.0674 e. The Bertz CT molecular complexity index is 145. The molecular formula is C9H19NO2. The van der Waals surface area contributed by atoms with E-state index in [2.05, 4.69) is 0 Å². The quantitative estimate of drug-likeness (QED) is 0.637. The van der Waals surface area contributed by atoms with E-state index in [-0.39, 0.29) is 12.7 Å². The van der Waals surface area contributed by atoms with Crippen molar-refractivity contribution in [1.29, 1.82) is 0 Å². The van der Waals surface area contributed by atoms with Crippen LogP contribution >= 0.6 is 0 Å². The summed E-state index contributed by atoms with van der Waals surface area (Å²) in [6.07, 6.45) is 2.47. The summed E-state index contributed by atoms with van der Waals surface area (Å²) in [5.74, 6) is 0.473. The van der Waals surface area contributed by atoms with Crippen LogP contribution in [0.4, 0.5) is 0 Å². The lowest BCUT2D eigenvalue weighted by Gasteiger charge is -2.27. The number of aliphatic hydroxyl groups is 1. The van der Waals surface area contributed by atoms with E-state index in [4.69, 9.17) is 15.6 Å². The van der Waals surface area contributed by atoms with Crippen LogP contribution < -0.4 is 5.73 Å². The fourth-order valence-electron chi connectivity index (χ4n) is 1.27. The molecule has 1 unspecified atom stereocenters. The van der Waals surface area contributed by atoms with Gasteiger partial charge in [-0.15, -0.1) is 0 Å². The molecule has 1 rings (SSSR count). The van der Waals surface area contributed by atoms with Gasteiger partial charge in [0.15, 0.2) is 0 Å². The summed E-state index contributed by atoms with van der Waals surface area (Å²) in [5.41, 5.74) is 5.49. The fourth-order valence-corrected chi connectivity index (χ4v) is 1.27. The highest BCUT2D eigenvalue weighted by Gasteiger charge is 2.42. The molecule has 0 aromatic carbocycles. The van der Waals surface area contributed by atoms with Gasteiger partial charge in [0.2, 0.25) is 0 Å². The number of hydrogen-bond donors (Lipinski definition) is 2. The minimum Gasteiger partial charge on any atom is -0.394 e. The molecule has 0 aromatic heterocycles. The second-order valence-corrected chi connectivity index (χ2v) is 4.03. The largest absolute Gasteiger partial charge is 0.394 e. The van der Waals surface area contributed by atoms with Crippen molar-refractivity contribution in [1.82, 2.24) is 0 Å². The zero-order valence-electron chi connectivity index (χ0n) is 7.92. The monoisotopic (exact) mass is 173 g/mol. The van der Waals surface area contributed by atoms with E-state index < -0.39 is 5.54 Å². The Morgan fingerprint density at radius 2 is 2.17 bits per heavy atom. The van der Waals surface area contributed by atoms with Crippen molar-refractivity contribution in [2.45, 2.75) is 38.3 Å². The van der Waals surface area contributed by atoms with Crippen molar-refractivity contribution >= 4 is 0 Å². The van der Waals surface area contributed by atoms with Gasteiger partial charge in [-0.05, 0) is 32.6 Å². The lowest BCUT2D eigenvalue weighted by Crippen LogP contribution is -2.50. The Kier molecular flexibility index (Phi) is 3.09. The zero-order valence-corrected chi connectivity index (χ0v) is 7.92. The molecule has 0 spiro atoms. The second kappa shape index (κ2) is 3.73. The average molecular weight is 173 g/mol. The van der Waals surface area contributed by atoms with Crippen molar-refractivity contribution in [3.05, 3.63) is 0 Å². The number of ether oxygens (including phenoxy) is 1. The summed E-state index contributed by atoms with van der Waals surface area (Å²) < 4.78 is 5.41. The molecule has 12 heavy (non-hydrogen) atoms. The van der Waals surface area contributed by atoms with Crippen LogP contribution in [0.3, 0.4) is 0 Å². The van der Waals surface area contributed by atoms with E-state index in [1.165, 1.54) is 0 Å². The van der Waals surface area contributed by atoms with Gasteiger partial charge in [0.1, 0.15) is 0 Å². The highest BCUT2D eigenvalue weighted by Crippen LogP contribution is 2.38. The standard InChI is InChI=1S/C9H19NO2/c1-7(2)12-6-9(10,5-11)8-3-4-8/h7-8,11H,3-6,10H2,1-2H3. The minimum absolute atomic E-state index is 0.0321. The Morgan fingerprint density at radius 1 is 1.58 bits per heavy atom. The first-order valence-corrected chi connectivity index (χ1v) is 4.60. The normalized spacial score (nSPS) is 22.8. The summed E-state index contributed by atoms with van der Waals surface area (Å²) in [6, 6.07) is 0. The number of nitrogens with two attached hydrogens (primary N) is 1. The van der Waals surface area contributed by atoms with Crippen molar-refractivity contribution in [2.75, 3.05) is 13.2 Å². The molecule has 0 radical (unpaired) electrons. The molecule has 72 valence electrons. The maximum atomic E-state index is 9.10. The van der Waals surface area contributed by atoms with Crippen LogP contribution in [0.25, 0.3) is 0 Å². The molecule has 3 N–H and O–H groups in total. The predicted molar refractivity (Wildman–Crippen MR) is 47.8 cm³/mol. The zero-order chi connectivity index (χ0) is 9.19. The van der Waals surface area contributed by atoms with Crippen LogP contribution in [0, 0.1) is 5.92 Å². The highest BCUT2D eigenvalue weighted by atomic mass is 16.5. The van der Waals surface area contributed by atoms with E-state index in [1.54, 1.807) is 0 Å². The maximum absolute atomic E-state index is 9.10. The Balaban J connectivity index is 2.33. The van der Waals surface area contributed by atoms with Gasteiger partial charge in [-0.2, -0.15) is 0 Å². The number of aliphatic hydroxyl groups excluding tert-OH is 1. The van der Waals surface area contributed by atoms with Crippen molar-refractivity contribution in [3.63, 3.8) is 0 Å². The average Bonchev–Trinajstić information content (AvgIpc) is 2.82. The van der Waals surface area contributed by atoms with Gasteiger partial charge >= 0.3 is 0 Å². The highest BCUT2D eigenvalue weighted by molar-refractivity contribution is 4.98. The van der Waals surface area contributed by atoms with E-state index >= 15 is 0 Å². The molecule has 1 aliphatic rings. The molecule has 0 aromatic rings. The smallest absolute Gasteiger partial charge is 0.0674 e. The number of hydrogen-bond acceptors (Lipinski definition) is 3. The lowest BCUT2D eigenvalue weighted by molar-refractivity contribution is 0.0121. The van der Waals surface area contributed by atoms with Crippen LogP contribution in [0.1, 0.15) is 26.7 Å². The SMILES string of the molecule is CC(C)OCC(N)(CO)C1CC1. The molecule has 0 amide bonds. The Hall–Kier alpha value is -0.120. The lowest BCUT2D eigenvalue weighted by atomic mass is 9.97. The molecule has 3 nitrogen and oxygen atoms in total. The van der Waals surface area contributed by atoms with Gasteiger partial charge in [-0.1, -0.05) is 0 Å².